The van der Waals surface area contributed by atoms with Crippen LogP contribution in [0.2, 0.25) is 0 Å². The molecule has 0 radical (unpaired) electrons. The molecule has 2 nitrogen and oxygen atoms in total. The Morgan fingerprint density at radius 1 is 1.57 bits per heavy atom. The number of aryl methyl sites for hydroxylation is 2. The van der Waals surface area contributed by atoms with Gasteiger partial charge in [0.1, 0.15) is 11.5 Å². The highest BCUT2D eigenvalue weighted by atomic mass is 16.3. The molecule has 0 bridgehead atoms. The molecule has 1 rings (SSSR count). The van der Waals surface area contributed by atoms with Gasteiger partial charge in [0.25, 0.3) is 0 Å². The summed E-state index contributed by atoms with van der Waals surface area (Å²) in [7, 11) is 1.97. The van der Waals surface area contributed by atoms with Crippen LogP contribution in [-0.2, 0) is 0 Å². The smallest absolute Gasteiger partial charge is 0.105 e. The Morgan fingerprint density at radius 3 is 2.57 bits per heavy atom. The Kier molecular flexibility index (Phi) is 3.53. The van der Waals surface area contributed by atoms with Crippen LogP contribution in [0.25, 0.3) is 0 Å². The largest absolute Gasteiger partial charge is 0.466 e. The number of hydrogen-bond donors (Lipinski definition) is 1. The predicted octanol–water partition coefficient (Wildman–Crippen LogP) is 3.12. The first-order valence-corrected chi connectivity index (χ1v) is 4.93. The van der Waals surface area contributed by atoms with Gasteiger partial charge in [-0.15, -0.1) is 6.58 Å². The molecule has 1 heterocycles. The molecule has 1 aromatic heterocycles. The first-order chi connectivity index (χ1) is 6.54. The van der Waals surface area contributed by atoms with Gasteiger partial charge >= 0.3 is 0 Å². The van der Waals surface area contributed by atoms with E-state index in [1.165, 1.54) is 11.1 Å². The molecular weight excluding hydrogens is 174 g/mol. The van der Waals surface area contributed by atoms with Crippen LogP contribution in [0.3, 0.4) is 0 Å². The Morgan fingerprint density at radius 2 is 2.21 bits per heavy atom. The molecule has 14 heavy (non-hydrogen) atoms. The molecule has 78 valence electrons. The van der Waals surface area contributed by atoms with Crippen molar-refractivity contribution in [1.29, 1.82) is 0 Å². The predicted molar refractivity (Wildman–Crippen MR) is 59.4 cm³/mol. The van der Waals surface area contributed by atoms with Gasteiger partial charge in [-0.1, -0.05) is 5.57 Å². The molecule has 0 aliphatic carbocycles. The van der Waals surface area contributed by atoms with Crippen molar-refractivity contribution in [2.75, 3.05) is 7.05 Å². The van der Waals surface area contributed by atoms with E-state index in [9.17, 15) is 0 Å². The molecule has 0 saturated heterocycles. The fourth-order valence-corrected chi connectivity index (χ4v) is 1.71. The lowest BCUT2D eigenvalue weighted by Gasteiger charge is -2.15. The van der Waals surface area contributed by atoms with Gasteiger partial charge in [-0.2, -0.15) is 0 Å². The molecule has 0 saturated carbocycles. The van der Waals surface area contributed by atoms with Crippen molar-refractivity contribution in [2.45, 2.75) is 33.2 Å². The van der Waals surface area contributed by atoms with E-state index in [1.54, 1.807) is 0 Å². The van der Waals surface area contributed by atoms with E-state index < -0.39 is 0 Å². The minimum atomic E-state index is 0.324. The average molecular weight is 193 g/mol. The average Bonchev–Trinajstić information content (AvgIpc) is 2.41. The van der Waals surface area contributed by atoms with Gasteiger partial charge in [-0.3, -0.25) is 0 Å². The second-order valence-corrected chi connectivity index (χ2v) is 3.87. The fourth-order valence-electron chi connectivity index (χ4n) is 1.71. The molecule has 0 aliphatic heterocycles. The monoisotopic (exact) mass is 193 g/mol. The molecule has 1 atom stereocenters. The first kappa shape index (κ1) is 11.1. The molecule has 1 N–H and O–H groups in total. The second-order valence-electron chi connectivity index (χ2n) is 3.87. The van der Waals surface area contributed by atoms with Gasteiger partial charge in [0.05, 0.1) is 0 Å². The third kappa shape index (κ3) is 2.48. The Bertz CT molecular complexity index is 325. The van der Waals surface area contributed by atoms with Crippen LogP contribution in [-0.4, -0.2) is 7.05 Å². The summed E-state index contributed by atoms with van der Waals surface area (Å²) in [6.07, 6.45) is 0.955. The van der Waals surface area contributed by atoms with Crippen LogP contribution in [0.4, 0.5) is 0 Å². The van der Waals surface area contributed by atoms with Gasteiger partial charge < -0.3 is 9.73 Å². The molecule has 0 spiro atoms. The van der Waals surface area contributed by atoms with E-state index in [1.807, 2.05) is 27.8 Å². The van der Waals surface area contributed by atoms with Crippen LogP contribution in [0, 0.1) is 13.8 Å². The lowest BCUT2D eigenvalue weighted by molar-refractivity contribution is 0.490. The molecule has 0 aliphatic rings. The van der Waals surface area contributed by atoms with Crippen molar-refractivity contribution in [3.63, 3.8) is 0 Å². The third-order valence-corrected chi connectivity index (χ3v) is 2.36. The van der Waals surface area contributed by atoms with E-state index in [4.69, 9.17) is 4.42 Å². The number of nitrogens with one attached hydrogen (secondary N) is 1. The van der Waals surface area contributed by atoms with E-state index in [2.05, 4.69) is 18.0 Å². The van der Waals surface area contributed by atoms with Gasteiger partial charge in [-0.05, 0) is 40.3 Å². The van der Waals surface area contributed by atoms with Crippen molar-refractivity contribution in [1.82, 2.24) is 5.32 Å². The van der Waals surface area contributed by atoms with Crippen molar-refractivity contribution in [2.24, 2.45) is 0 Å². The van der Waals surface area contributed by atoms with Gasteiger partial charge in [0.15, 0.2) is 0 Å². The molecular formula is C12H19NO. The lowest BCUT2D eigenvalue weighted by Crippen LogP contribution is -2.16. The normalized spacial score (nSPS) is 12.9. The standard InChI is InChI=1S/C12H19NO/c1-8(2)6-12(13-5)11-7-9(3)14-10(11)4/h7,12-13H,1,6H2,2-5H3. The molecule has 0 amide bonds. The molecule has 1 unspecified atom stereocenters. The SMILES string of the molecule is C=C(C)CC(NC)c1cc(C)oc1C. The molecule has 1 aromatic rings. The second kappa shape index (κ2) is 4.47. The van der Waals surface area contributed by atoms with Gasteiger partial charge in [0, 0.05) is 11.6 Å². The van der Waals surface area contributed by atoms with Crippen molar-refractivity contribution < 1.29 is 4.42 Å². The third-order valence-electron chi connectivity index (χ3n) is 2.36. The highest BCUT2D eigenvalue weighted by Gasteiger charge is 2.15. The summed E-state index contributed by atoms with van der Waals surface area (Å²) in [6, 6.07) is 2.42. The Balaban J connectivity index is 2.88. The van der Waals surface area contributed by atoms with E-state index >= 15 is 0 Å². The number of furan rings is 1. The maximum Gasteiger partial charge on any atom is 0.105 e. The fraction of sp³-hybridized carbons (Fsp3) is 0.500. The molecule has 0 aromatic carbocycles. The summed E-state index contributed by atoms with van der Waals surface area (Å²) in [5.41, 5.74) is 2.43. The van der Waals surface area contributed by atoms with Crippen LogP contribution >= 0.6 is 0 Å². The maximum atomic E-state index is 5.51. The van der Waals surface area contributed by atoms with Crippen LogP contribution in [0.1, 0.15) is 36.5 Å². The van der Waals surface area contributed by atoms with Crippen molar-refractivity contribution >= 4 is 0 Å². The van der Waals surface area contributed by atoms with E-state index in [-0.39, 0.29) is 0 Å². The highest BCUT2D eigenvalue weighted by molar-refractivity contribution is 5.25. The number of rotatable bonds is 4. The molecule has 0 fully saturated rings. The zero-order valence-corrected chi connectivity index (χ0v) is 9.48. The van der Waals surface area contributed by atoms with E-state index in [0.29, 0.717) is 6.04 Å². The minimum Gasteiger partial charge on any atom is -0.466 e. The zero-order valence-electron chi connectivity index (χ0n) is 9.48. The highest BCUT2D eigenvalue weighted by Crippen LogP contribution is 2.25. The Labute approximate surface area is 86.0 Å². The van der Waals surface area contributed by atoms with Gasteiger partial charge in [-0.25, -0.2) is 0 Å². The number of hydrogen-bond acceptors (Lipinski definition) is 2. The Hall–Kier alpha value is -1.02. The summed E-state index contributed by atoms with van der Waals surface area (Å²) in [5, 5.41) is 3.28. The summed E-state index contributed by atoms with van der Waals surface area (Å²) >= 11 is 0. The lowest BCUT2D eigenvalue weighted by atomic mass is 10.0. The maximum absolute atomic E-state index is 5.51. The van der Waals surface area contributed by atoms with Crippen molar-refractivity contribution in [3.8, 4) is 0 Å². The quantitative estimate of drug-likeness (QED) is 0.743. The first-order valence-electron chi connectivity index (χ1n) is 4.93. The van der Waals surface area contributed by atoms with Gasteiger partial charge in [0.2, 0.25) is 0 Å². The van der Waals surface area contributed by atoms with E-state index in [0.717, 1.165) is 17.9 Å². The summed E-state index contributed by atoms with van der Waals surface area (Å²) in [6.45, 7) is 9.96. The van der Waals surface area contributed by atoms with Crippen LogP contribution in [0.15, 0.2) is 22.6 Å². The molecule has 2 heteroatoms. The minimum absolute atomic E-state index is 0.324. The summed E-state index contributed by atoms with van der Waals surface area (Å²) < 4.78 is 5.51. The zero-order chi connectivity index (χ0) is 10.7. The summed E-state index contributed by atoms with van der Waals surface area (Å²) in [5.74, 6) is 1.97. The topological polar surface area (TPSA) is 25.2 Å². The summed E-state index contributed by atoms with van der Waals surface area (Å²) in [4.78, 5) is 0. The van der Waals surface area contributed by atoms with Crippen LogP contribution < -0.4 is 5.32 Å². The van der Waals surface area contributed by atoms with Crippen molar-refractivity contribution in [3.05, 3.63) is 35.3 Å². The van der Waals surface area contributed by atoms with Crippen LogP contribution in [0.5, 0.6) is 0 Å².